The van der Waals surface area contributed by atoms with Crippen molar-refractivity contribution in [3.8, 4) is 0 Å². The van der Waals surface area contributed by atoms with Gasteiger partial charge in [0.05, 0.1) is 30.5 Å². The lowest BCUT2D eigenvalue weighted by molar-refractivity contribution is -0.0743. The summed E-state index contributed by atoms with van der Waals surface area (Å²) < 4.78 is 17.0. The van der Waals surface area contributed by atoms with E-state index in [2.05, 4.69) is 10.3 Å². The number of carbonyl (C=O) groups excluding carboxylic acids is 1. The van der Waals surface area contributed by atoms with E-state index in [4.69, 9.17) is 13.9 Å². The zero-order valence-electron chi connectivity index (χ0n) is 14.3. The number of aromatic nitrogens is 1. The van der Waals surface area contributed by atoms with Crippen LogP contribution in [-0.2, 0) is 16.1 Å². The zero-order chi connectivity index (χ0) is 17.8. The maximum atomic E-state index is 12.7. The van der Waals surface area contributed by atoms with Gasteiger partial charge in [0.25, 0.3) is 5.91 Å². The van der Waals surface area contributed by atoms with Crippen molar-refractivity contribution in [3.05, 3.63) is 66.2 Å². The Bertz CT molecular complexity index is 878. The van der Waals surface area contributed by atoms with Crippen LogP contribution in [0.3, 0.4) is 0 Å². The van der Waals surface area contributed by atoms with Crippen molar-refractivity contribution in [2.45, 2.75) is 25.2 Å². The number of nitrogens with one attached hydrogen (secondary N) is 1. The number of ether oxygens (including phenoxy) is 2. The Kier molecular flexibility index (Phi) is 4.95. The van der Waals surface area contributed by atoms with Crippen LogP contribution in [0.2, 0.25) is 0 Å². The van der Waals surface area contributed by atoms with Gasteiger partial charge in [0.15, 0.2) is 0 Å². The molecule has 1 amide bonds. The fraction of sp³-hybridized carbons (Fsp3) is 0.300. The molecule has 6 nitrogen and oxygen atoms in total. The molecule has 4 rings (SSSR count). The van der Waals surface area contributed by atoms with E-state index in [1.54, 1.807) is 6.20 Å². The maximum absolute atomic E-state index is 12.7. The lowest BCUT2D eigenvalue weighted by atomic mass is 10.0. The number of furan rings is 1. The summed E-state index contributed by atoms with van der Waals surface area (Å²) in [6.07, 6.45) is 3.73. The molecule has 0 radical (unpaired) electrons. The molecule has 1 aromatic carbocycles. The van der Waals surface area contributed by atoms with Crippen molar-refractivity contribution in [2.75, 3.05) is 13.2 Å². The standard InChI is InChI=1S/C20H20N2O4/c23-20(16-12-26-18-7-2-1-6-15(16)18)22-17-8-10-24-13-19(17)25-11-14-5-3-4-9-21-14/h1-7,9,12,17,19H,8,10-11,13H2,(H,22,23)/t17-,19-/m1/s1. The number of rotatable bonds is 5. The average molecular weight is 352 g/mol. The van der Waals surface area contributed by atoms with Crippen LogP contribution in [-0.4, -0.2) is 36.3 Å². The van der Waals surface area contributed by atoms with Gasteiger partial charge in [-0.2, -0.15) is 0 Å². The third-order valence-corrected chi connectivity index (χ3v) is 4.52. The van der Waals surface area contributed by atoms with E-state index in [0.29, 0.717) is 37.4 Å². The second-order valence-corrected chi connectivity index (χ2v) is 6.26. The first-order valence-corrected chi connectivity index (χ1v) is 8.67. The Morgan fingerprint density at radius 1 is 1.23 bits per heavy atom. The van der Waals surface area contributed by atoms with E-state index >= 15 is 0 Å². The summed E-state index contributed by atoms with van der Waals surface area (Å²) >= 11 is 0. The molecule has 6 heteroatoms. The average Bonchev–Trinajstić information content (AvgIpc) is 3.12. The van der Waals surface area contributed by atoms with Crippen molar-refractivity contribution >= 4 is 16.9 Å². The van der Waals surface area contributed by atoms with Gasteiger partial charge in [-0.1, -0.05) is 24.3 Å². The van der Waals surface area contributed by atoms with E-state index in [1.807, 2.05) is 42.5 Å². The van der Waals surface area contributed by atoms with Crippen LogP contribution in [0.4, 0.5) is 0 Å². The number of hydrogen-bond donors (Lipinski definition) is 1. The van der Waals surface area contributed by atoms with Crippen LogP contribution < -0.4 is 5.32 Å². The molecule has 3 aromatic rings. The van der Waals surface area contributed by atoms with Crippen molar-refractivity contribution in [1.82, 2.24) is 10.3 Å². The molecule has 0 spiro atoms. The largest absolute Gasteiger partial charge is 0.463 e. The molecule has 1 aliphatic heterocycles. The molecule has 1 N–H and O–H groups in total. The Morgan fingerprint density at radius 3 is 3.00 bits per heavy atom. The Balaban J connectivity index is 1.43. The number of pyridine rings is 1. The van der Waals surface area contributed by atoms with Gasteiger partial charge < -0.3 is 19.2 Å². The first-order chi connectivity index (χ1) is 12.8. The van der Waals surface area contributed by atoms with Crippen LogP contribution in [0.5, 0.6) is 0 Å². The summed E-state index contributed by atoms with van der Waals surface area (Å²) in [6, 6.07) is 13.1. The van der Waals surface area contributed by atoms with Crippen molar-refractivity contribution in [1.29, 1.82) is 0 Å². The van der Waals surface area contributed by atoms with Crippen LogP contribution in [0.15, 0.2) is 59.3 Å². The molecule has 2 atom stereocenters. The van der Waals surface area contributed by atoms with Gasteiger partial charge in [0, 0.05) is 18.2 Å². The number of hydrogen-bond acceptors (Lipinski definition) is 5. The third kappa shape index (κ3) is 3.61. The summed E-state index contributed by atoms with van der Waals surface area (Å²) in [7, 11) is 0. The van der Waals surface area contributed by atoms with E-state index in [0.717, 1.165) is 11.1 Å². The minimum atomic E-state index is -0.215. The molecule has 26 heavy (non-hydrogen) atoms. The van der Waals surface area contributed by atoms with Gasteiger partial charge in [-0.3, -0.25) is 9.78 Å². The monoisotopic (exact) mass is 352 g/mol. The molecular formula is C20H20N2O4. The second kappa shape index (κ2) is 7.68. The summed E-state index contributed by atoms with van der Waals surface area (Å²) in [5, 5.41) is 3.88. The Labute approximate surface area is 151 Å². The third-order valence-electron chi connectivity index (χ3n) is 4.52. The van der Waals surface area contributed by atoms with Crippen molar-refractivity contribution in [2.24, 2.45) is 0 Å². The summed E-state index contributed by atoms with van der Waals surface area (Å²) in [5.41, 5.74) is 2.09. The molecule has 0 bridgehead atoms. The first-order valence-electron chi connectivity index (χ1n) is 8.67. The van der Waals surface area contributed by atoms with E-state index < -0.39 is 0 Å². The molecule has 3 heterocycles. The summed E-state index contributed by atoms with van der Waals surface area (Å²) in [5.74, 6) is -0.159. The minimum Gasteiger partial charge on any atom is -0.463 e. The molecular weight excluding hydrogens is 332 g/mol. The van der Waals surface area contributed by atoms with E-state index in [9.17, 15) is 4.79 Å². The predicted octanol–water partition coefficient (Wildman–Crippen LogP) is 2.93. The van der Waals surface area contributed by atoms with Gasteiger partial charge in [-0.25, -0.2) is 0 Å². The van der Waals surface area contributed by atoms with Crippen LogP contribution in [0.25, 0.3) is 11.0 Å². The normalized spacial score (nSPS) is 20.2. The minimum absolute atomic E-state index is 0.117. The fourth-order valence-corrected chi connectivity index (χ4v) is 3.12. The Hall–Kier alpha value is -2.70. The predicted molar refractivity (Wildman–Crippen MR) is 95.7 cm³/mol. The molecule has 1 saturated heterocycles. The molecule has 0 aliphatic carbocycles. The first kappa shape index (κ1) is 16.8. The summed E-state index contributed by atoms with van der Waals surface area (Å²) in [4.78, 5) is 17.0. The lowest BCUT2D eigenvalue weighted by Crippen LogP contribution is -2.49. The SMILES string of the molecule is O=C(N[C@@H]1CCOC[C@H]1OCc1ccccn1)c1coc2ccccc12. The zero-order valence-corrected chi connectivity index (χ0v) is 14.3. The van der Waals surface area contributed by atoms with Crippen LogP contribution >= 0.6 is 0 Å². The highest BCUT2D eigenvalue weighted by Gasteiger charge is 2.29. The Morgan fingerprint density at radius 2 is 2.12 bits per heavy atom. The highest BCUT2D eigenvalue weighted by molar-refractivity contribution is 6.06. The highest BCUT2D eigenvalue weighted by Crippen LogP contribution is 2.21. The number of carbonyl (C=O) groups is 1. The van der Waals surface area contributed by atoms with Crippen molar-refractivity contribution < 1.29 is 18.7 Å². The molecule has 0 unspecified atom stereocenters. The van der Waals surface area contributed by atoms with Crippen LogP contribution in [0, 0.1) is 0 Å². The van der Waals surface area contributed by atoms with Crippen LogP contribution in [0.1, 0.15) is 22.5 Å². The highest BCUT2D eigenvalue weighted by atomic mass is 16.5. The van der Waals surface area contributed by atoms with Gasteiger partial charge in [0.2, 0.25) is 0 Å². The molecule has 1 fully saturated rings. The van der Waals surface area contributed by atoms with Gasteiger partial charge >= 0.3 is 0 Å². The molecule has 134 valence electrons. The van der Waals surface area contributed by atoms with Crippen molar-refractivity contribution in [3.63, 3.8) is 0 Å². The number of amides is 1. The maximum Gasteiger partial charge on any atom is 0.255 e. The summed E-state index contributed by atoms with van der Waals surface area (Å²) in [6.45, 7) is 1.43. The fourth-order valence-electron chi connectivity index (χ4n) is 3.12. The number of nitrogens with zero attached hydrogens (tertiary/aromatic N) is 1. The smallest absolute Gasteiger partial charge is 0.255 e. The molecule has 2 aromatic heterocycles. The topological polar surface area (TPSA) is 73.6 Å². The van der Waals surface area contributed by atoms with Gasteiger partial charge in [0.1, 0.15) is 18.0 Å². The quantitative estimate of drug-likeness (QED) is 0.764. The van der Waals surface area contributed by atoms with Gasteiger partial charge in [-0.05, 0) is 24.6 Å². The number of fused-ring (bicyclic) bond motifs is 1. The molecule has 1 aliphatic rings. The van der Waals surface area contributed by atoms with Gasteiger partial charge in [-0.15, -0.1) is 0 Å². The second-order valence-electron chi connectivity index (χ2n) is 6.26. The number of para-hydroxylation sites is 1. The molecule has 0 saturated carbocycles. The lowest BCUT2D eigenvalue weighted by Gasteiger charge is -2.32. The number of benzene rings is 1. The van der Waals surface area contributed by atoms with E-state index in [1.165, 1.54) is 6.26 Å². The van der Waals surface area contributed by atoms with E-state index in [-0.39, 0.29) is 18.1 Å².